The Kier molecular flexibility index (Phi) is 9.64. The quantitative estimate of drug-likeness (QED) is 0.366. The molecule has 1 saturated heterocycles. The monoisotopic (exact) mass is 534 g/mol. The van der Waals surface area contributed by atoms with E-state index < -0.39 is 31.1 Å². The lowest BCUT2D eigenvalue weighted by Crippen LogP contribution is -2.58. The van der Waals surface area contributed by atoms with Crippen LogP contribution in [-0.2, 0) is 29.0 Å². The van der Waals surface area contributed by atoms with Crippen molar-refractivity contribution in [3.63, 3.8) is 0 Å². The predicted octanol–water partition coefficient (Wildman–Crippen LogP) is 1.90. The second kappa shape index (κ2) is 13.1. The number of likely N-dealkylation sites (tertiary alicyclic amines) is 1. The van der Waals surface area contributed by atoms with Crippen molar-refractivity contribution in [3.8, 4) is 0 Å². The van der Waals surface area contributed by atoms with Crippen molar-refractivity contribution in [2.24, 2.45) is 5.92 Å². The molecule has 9 nitrogen and oxygen atoms in total. The van der Waals surface area contributed by atoms with Crippen molar-refractivity contribution < 1.29 is 24.4 Å². The summed E-state index contributed by atoms with van der Waals surface area (Å²) in [6.45, 7) is 5.36. The molecule has 2 heterocycles. The van der Waals surface area contributed by atoms with Gasteiger partial charge in [-0.05, 0) is 48.3 Å². The molecule has 0 radical (unpaired) electrons. The minimum atomic E-state index is -1.63. The molecule has 4 rings (SSSR count). The number of nitrogens with zero attached hydrogens (tertiary/aromatic N) is 2. The highest BCUT2D eigenvalue weighted by atomic mass is 16.4. The van der Waals surface area contributed by atoms with Crippen LogP contribution in [0.4, 0.5) is 4.79 Å². The molecule has 0 bridgehead atoms. The van der Waals surface area contributed by atoms with Gasteiger partial charge in [0, 0.05) is 26.1 Å². The maximum Gasteiger partial charge on any atom is 0.475 e. The van der Waals surface area contributed by atoms with Crippen LogP contribution in [0, 0.1) is 5.92 Å². The summed E-state index contributed by atoms with van der Waals surface area (Å²) >= 11 is 0. The first kappa shape index (κ1) is 28.6. The Morgan fingerprint density at radius 3 is 2.33 bits per heavy atom. The number of amides is 4. The third kappa shape index (κ3) is 7.39. The van der Waals surface area contributed by atoms with Gasteiger partial charge in [-0.1, -0.05) is 68.4 Å². The molecule has 0 spiro atoms. The lowest BCUT2D eigenvalue weighted by atomic mass is 9.77. The minimum absolute atomic E-state index is 0.106. The van der Waals surface area contributed by atoms with E-state index in [1.165, 1.54) is 10.5 Å². The molecule has 2 aliphatic rings. The summed E-state index contributed by atoms with van der Waals surface area (Å²) in [5.74, 6) is -1.35. The van der Waals surface area contributed by atoms with Crippen LogP contribution in [0.15, 0.2) is 54.6 Å². The van der Waals surface area contributed by atoms with Gasteiger partial charge in [0.1, 0.15) is 12.1 Å². The standard InChI is InChI=1S/C29H39BN4O5/c1-20(2)17-25(28(36)34-15-8-13-26(34)30(38)39)31-27(35)24(18-21-9-4-3-5-10-21)32-29(37)33-16-14-22-11-6-7-12-23(22)19-33/h3-7,9-12,20,24-26,38-39H,8,13-19H2,1-2H3,(H,31,35)(H,32,37)/t24-,25-,26-/m0/s1. The lowest BCUT2D eigenvalue weighted by molar-refractivity contribution is -0.137. The van der Waals surface area contributed by atoms with Gasteiger partial charge in [0.15, 0.2) is 0 Å². The fourth-order valence-electron chi connectivity index (χ4n) is 5.51. The molecule has 4 N–H and O–H groups in total. The first-order chi connectivity index (χ1) is 18.7. The Hall–Kier alpha value is -3.37. The van der Waals surface area contributed by atoms with Gasteiger partial charge in [0.05, 0.1) is 5.94 Å². The summed E-state index contributed by atoms with van der Waals surface area (Å²) in [6, 6.07) is 15.4. The Morgan fingerprint density at radius 1 is 0.949 bits per heavy atom. The van der Waals surface area contributed by atoms with Crippen molar-refractivity contribution in [1.29, 1.82) is 0 Å². The van der Waals surface area contributed by atoms with Crippen LogP contribution in [0.5, 0.6) is 0 Å². The van der Waals surface area contributed by atoms with Gasteiger partial charge in [-0.15, -0.1) is 0 Å². The second-order valence-corrected chi connectivity index (χ2v) is 11.0. The van der Waals surface area contributed by atoms with E-state index in [1.54, 1.807) is 4.90 Å². The van der Waals surface area contributed by atoms with Crippen LogP contribution >= 0.6 is 0 Å². The fourth-order valence-corrected chi connectivity index (χ4v) is 5.51. The summed E-state index contributed by atoms with van der Waals surface area (Å²) in [5, 5.41) is 25.4. The zero-order chi connectivity index (χ0) is 27.9. The number of rotatable bonds is 9. The first-order valence-corrected chi connectivity index (χ1v) is 13.9. The van der Waals surface area contributed by atoms with Gasteiger partial charge in [0.25, 0.3) is 0 Å². The normalized spacial score (nSPS) is 18.3. The number of hydrogen-bond donors (Lipinski definition) is 4. The third-order valence-corrected chi connectivity index (χ3v) is 7.56. The fraction of sp³-hybridized carbons (Fsp3) is 0.483. The van der Waals surface area contributed by atoms with Crippen molar-refractivity contribution in [3.05, 3.63) is 71.3 Å². The molecule has 0 saturated carbocycles. The largest absolute Gasteiger partial charge is 0.475 e. The van der Waals surface area contributed by atoms with E-state index in [4.69, 9.17) is 0 Å². The van der Waals surface area contributed by atoms with E-state index in [9.17, 15) is 24.4 Å². The summed E-state index contributed by atoms with van der Waals surface area (Å²) in [5.41, 5.74) is 3.21. The molecule has 2 aliphatic heterocycles. The van der Waals surface area contributed by atoms with Crippen LogP contribution in [-0.4, -0.2) is 75.9 Å². The van der Waals surface area contributed by atoms with E-state index in [-0.39, 0.29) is 24.3 Å². The Balaban J connectivity index is 1.50. The molecule has 0 aromatic heterocycles. The van der Waals surface area contributed by atoms with Crippen LogP contribution in [0.3, 0.4) is 0 Å². The van der Waals surface area contributed by atoms with Crippen LogP contribution in [0.2, 0.25) is 0 Å². The molecular formula is C29H39BN4O5. The zero-order valence-corrected chi connectivity index (χ0v) is 22.8. The Labute approximate surface area is 230 Å². The molecule has 2 aromatic carbocycles. The number of urea groups is 1. The van der Waals surface area contributed by atoms with Gasteiger partial charge < -0.3 is 30.5 Å². The zero-order valence-electron chi connectivity index (χ0n) is 22.8. The van der Waals surface area contributed by atoms with E-state index in [0.29, 0.717) is 38.9 Å². The van der Waals surface area contributed by atoms with Gasteiger partial charge in [-0.3, -0.25) is 9.59 Å². The summed E-state index contributed by atoms with van der Waals surface area (Å²) in [7, 11) is -1.63. The maximum absolute atomic E-state index is 13.7. The van der Waals surface area contributed by atoms with E-state index >= 15 is 0 Å². The molecule has 10 heteroatoms. The molecule has 1 fully saturated rings. The molecule has 0 unspecified atom stereocenters. The highest BCUT2D eigenvalue weighted by Gasteiger charge is 2.40. The van der Waals surface area contributed by atoms with Gasteiger partial charge in [-0.2, -0.15) is 0 Å². The molecule has 4 amide bonds. The number of hydrogen-bond acceptors (Lipinski definition) is 5. The summed E-state index contributed by atoms with van der Waals surface area (Å²) < 4.78 is 0. The molecule has 208 valence electrons. The Morgan fingerprint density at radius 2 is 1.64 bits per heavy atom. The van der Waals surface area contributed by atoms with E-state index in [0.717, 1.165) is 17.5 Å². The molecular weight excluding hydrogens is 495 g/mol. The Bertz CT molecular complexity index is 1150. The number of benzene rings is 2. The number of carbonyl (C=O) groups excluding carboxylic acids is 3. The minimum Gasteiger partial charge on any atom is -0.426 e. The van der Waals surface area contributed by atoms with Crippen LogP contribution in [0.1, 0.15) is 49.8 Å². The average molecular weight is 534 g/mol. The maximum atomic E-state index is 13.7. The number of carbonyl (C=O) groups is 3. The van der Waals surface area contributed by atoms with Gasteiger partial charge in [0.2, 0.25) is 11.8 Å². The second-order valence-electron chi connectivity index (χ2n) is 11.0. The topological polar surface area (TPSA) is 122 Å². The lowest BCUT2D eigenvalue weighted by Gasteiger charge is -2.32. The van der Waals surface area contributed by atoms with Crippen LogP contribution < -0.4 is 10.6 Å². The molecule has 39 heavy (non-hydrogen) atoms. The summed E-state index contributed by atoms with van der Waals surface area (Å²) in [6.07, 6.45) is 2.58. The first-order valence-electron chi connectivity index (χ1n) is 13.9. The molecule has 2 aromatic rings. The van der Waals surface area contributed by atoms with Crippen molar-refractivity contribution >= 4 is 25.0 Å². The highest BCUT2D eigenvalue weighted by Crippen LogP contribution is 2.22. The SMILES string of the molecule is CC(C)C[C@H](NC(=O)[C@H](Cc1ccccc1)NC(=O)N1CCc2ccccc2C1)C(=O)N1CCC[C@H]1B(O)O. The average Bonchev–Trinajstić information content (AvgIpc) is 3.42. The predicted molar refractivity (Wildman–Crippen MR) is 149 cm³/mol. The van der Waals surface area contributed by atoms with Gasteiger partial charge >= 0.3 is 13.1 Å². The highest BCUT2D eigenvalue weighted by molar-refractivity contribution is 6.43. The van der Waals surface area contributed by atoms with Crippen molar-refractivity contribution in [2.75, 3.05) is 13.1 Å². The third-order valence-electron chi connectivity index (χ3n) is 7.56. The number of nitrogens with one attached hydrogen (secondary N) is 2. The van der Waals surface area contributed by atoms with E-state index in [2.05, 4.69) is 16.7 Å². The summed E-state index contributed by atoms with van der Waals surface area (Å²) in [4.78, 5) is 43.7. The smallest absolute Gasteiger partial charge is 0.426 e. The number of fused-ring (bicyclic) bond motifs is 1. The molecule has 0 aliphatic carbocycles. The van der Waals surface area contributed by atoms with Gasteiger partial charge in [-0.25, -0.2) is 4.79 Å². The van der Waals surface area contributed by atoms with Crippen LogP contribution in [0.25, 0.3) is 0 Å². The van der Waals surface area contributed by atoms with Crippen molar-refractivity contribution in [1.82, 2.24) is 20.4 Å². The molecule has 3 atom stereocenters. The van der Waals surface area contributed by atoms with Crippen molar-refractivity contribution in [2.45, 2.75) is 70.5 Å². The van der Waals surface area contributed by atoms with E-state index in [1.807, 2.05) is 62.4 Å².